The molecule has 1 aliphatic heterocycles. The first-order valence-electron chi connectivity index (χ1n) is 11.2. The summed E-state index contributed by atoms with van der Waals surface area (Å²) >= 11 is 0. The molecule has 12 heteroatoms. The minimum atomic E-state index is -1.07. The van der Waals surface area contributed by atoms with Crippen molar-refractivity contribution in [1.82, 2.24) is 19.5 Å². The van der Waals surface area contributed by atoms with Crippen LogP contribution in [0.25, 0.3) is 11.2 Å². The van der Waals surface area contributed by atoms with Gasteiger partial charge in [-0.25, -0.2) is 23.1 Å². The molecule has 4 N–H and O–H groups in total. The van der Waals surface area contributed by atoms with Gasteiger partial charge in [0.25, 0.3) is 0 Å². The number of amides is 1. The molecule has 180 valence electrons. The second-order valence-corrected chi connectivity index (χ2v) is 8.69. The van der Waals surface area contributed by atoms with Crippen molar-refractivity contribution in [1.29, 1.82) is 0 Å². The van der Waals surface area contributed by atoms with Crippen LogP contribution in [-0.4, -0.2) is 44.7 Å². The van der Waals surface area contributed by atoms with Gasteiger partial charge in [0, 0.05) is 30.7 Å². The van der Waals surface area contributed by atoms with Gasteiger partial charge < -0.3 is 21.1 Å². The van der Waals surface area contributed by atoms with Crippen molar-refractivity contribution in [3.63, 3.8) is 0 Å². The van der Waals surface area contributed by atoms with E-state index in [2.05, 4.69) is 25.6 Å². The van der Waals surface area contributed by atoms with Crippen LogP contribution < -0.4 is 16.4 Å². The Morgan fingerprint density at radius 3 is 2.47 bits per heavy atom. The quantitative estimate of drug-likeness (QED) is 0.500. The number of rotatable bonds is 6. The highest BCUT2D eigenvalue weighted by Gasteiger charge is 2.28. The van der Waals surface area contributed by atoms with Crippen LogP contribution in [0.15, 0.2) is 18.3 Å². The SMILES string of the molecule is NC(=O)C1CCC(Nc2ncc3nc(Nc4c(F)cc(F)cc4F)n(C4CCOC4)c3n2)CC1. The van der Waals surface area contributed by atoms with Crippen molar-refractivity contribution in [3.05, 3.63) is 35.8 Å². The minimum Gasteiger partial charge on any atom is -0.379 e. The van der Waals surface area contributed by atoms with Crippen LogP contribution in [0.4, 0.5) is 30.8 Å². The number of fused-ring (bicyclic) bond motifs is 1. The summed E-state index contributed by atoms with van der Waals surface area (Å²) in [6.45, 7) is 0.917. The van der Waals surface area contributed by atoms with Gasteiger partial charge in [-0.15, -0.1) is 0 Å². The summed E-state index contributed by atoms with van der Waals surface area (Å²) in [5.74, 6) is -2.98. The topological polar surface area (TPSA) is 120 Å². The van der Waals surface area contributed by atoms with Crippen molar-refractivity contribution in [3.8, 4) is 0 Å². The zero-order valence-corrected chi connectivity index (χ0v) is 18.2. The van der Waals surface area contributed by atoms with Gasteiger partial charge in [0.15, 0.2) is 17.3 Å². The average Bonchev–Trinajstić information content (AvgIpc) is 3.43. The number of halogens is 3. The van der Waals surface area contributed by atoms with E-state index >= 15 is 0 Å². The van der Waals surface area contributed by atoms with E-state index in [9.17, 15) is 18.0 Å². The van der Waals surface area contributed by atoms with Crippen molar-refractivity contribution in [2.45, 2.75) is 44.2 Å². The number of aromatic nitrogens is 4. The number of nitrogens with one attached hydrogen (secondary N) is 2. The molecule has 0 spiro atoms. The van der Waals surface area contributed by atoms with Gasteiger partial charge in [-0.2, -0.15) is 4.98 Å². The highest BCUT2D eigenvalue weighted by molar-refractivity contribution is 5.77. The first-order valence-corrected chi connectivity index (χ1v) is 11.2. The molecule has 2 fully saturated rings. The summed E-state index contributed by atoms with van der Waals surface area (Å²) in [6.07, 6.45) is 5.14. The number of carbonyl (C=O) groups excluding carboxylic acids is 1. The maximum atomic E-state index is 14.3. The molecule has 3 aromatic rings. The predicted molar refractivity (Wildman–Crippen MR) is 118 cm³/mol. The Kier molecular flexibility index (Phi) is 5.98. The van der Waals surface area contributed by atoms with E-state index in [-0.39, 0.29) is 29.9 Å². The molecule has 5 rings (SSSR count). The highest BCUT2D eigenvalue weighted by atomic mass is 19.1. The molecule has 0 bridgehead atoms. The third kappa shape index (κ3) is 4.37. The van der Waals surface area contributed by atoms with Gasteiger partial charge in [-0.3, -0.25) is 9.36 Å². The molecular formula is C22H24F3N7O2. The van der Waals surface area contributed by atoms with Gasteiger partial charge in [0.05, 0.1) is 18.8 Å². The molecule has 2 aromatic heterocycles. The van der Waals surface area contributed by atoms with Crippen LogP contribution in [0.3, 0.4) is 0 Å². The number of anilines is 3. The Morgan fingerprint density at radius 2 is 1.82 bits per heavy atom. The van der Waals surface area contributed by atoms with Gasteiger partial charge in [-0.05, 0) is 32.1 Å². The van der Waals surface area contributed by atoms with Crippen molar-refractivity contribution < 1.29 is 22.7 Å². The lowest BCUT2D eigenvalue weighted by Crippen LogP contribution is -2.32. The summed E-state index contributed by atoms with van der Waals surface area (Å²) in [5.41, 5.74) is 5.81. The molecule has 2 aliphatic rings. The number of ether oxygens (including phenoxy) is 1. The van der Waals surface area contributed by atoms with Crippen molar-refractivity contribution in [2.24, 2.45) is 11.7 Å². The third-order valence-corrected chi connectivity index (χ3v) is 6.41. The Morgan fingerprint density at radius 1 is 1.09 bits per heavy atom. The van der Waals surface area contributed by atoms with Crippen LogP contribution in [0, 0.1) is 23.4 Å². The standard InChI is InChI=1S/C22H24F3N7O2/c23-12-7-15(24)18(16(25)8-12)30-22-29-17-9-27-21(28-13-3-1-11(2-4-13)19(26)33)31-20(17)32(22)14-5-6-34-10-14/h7-9,11,13-14H,1-6,10H2,(H2,26,33)(H,29,30)(H,27,28,31). The fourth-order valence-corrected chi connectivity index (χ4v) is 4.60. The van der Waals surface area contributed by atoms with Crippen molar-refractivity contribution in [2.75, 3.05) is 23.8 Å². The largest absolute Gasteiger partial charge is 0.379 e. The average molecular weight is 475 g/mol. The lowest BCUT2D eigenvalue weighted by Gasteiger charge is -2.27. The monoisotopic (exact) mass is 475 g/mol. The lowest BCUT2D eigenvalue weighted by atomic mass is 9.86. The molecule has 1 amide bonds. The Hall–Kier alpha value is -3.41. The predicted octanol–water partition coefficient (Wildman–Crippen LogP) is 3.40. The molecule has 34 heavy (non-hydrogen) atoms. The fraction of sp³-hybridized carbons (Fsp3) is 0.455. The zero-order valence-electron chi connectivity index (χ0n) is 18.2. The Labute approximate surface area is 192 Å². The molecule has 1 aromatic carbocycles. The van der Waals surface area contributed by atoms with E-state index < -0.39 is 23.1 Å². The lowest BCUT2D eigenvalue weighted by molar-refractivity contribution is -0.122. The number of carbonyl (C=O) groups is 1. The van der Waals surface area contributed by atoms with Crippen LogP contribution in [0.2, 0.25) is 0 Å². The number of nitrogens with zero attached hydrogens (tertiary/aromatic N) is 4. The molecule has 9 nitrogen and oxygen atoms in total. The Balaban J connectivity index is 1.46. The van der Waals surface area contributed by atoms with E-state index in [1.165, 1.54) is 6.20 Å². The normalized spacial score (nSPS) is 22.7. The van der Waals surface area contributed by atoms with E-state index in [1.807, 2.05) is 0 Å². The van der Waals surface area contributed by atoms with E-state index in [0.717, 1.165) is 12.8 Å². The molecule has 1 atom stereocenters. The smallest absolute Gasteiger partial charge is 0.224 e. The fourth-order valence-electron chi connectivity index (χ4n) is 4.60. The second-order valence-electron chi connectivity index (χ2n) is 8.69. The van der Waals surface area contributed by atoms with Gasteiger partial charge in [0.2, 0.25) is 17.8 Å². The van der Waals surface area contributed by atoms with E-state index in [0.29, 0.717) is 61.7 Å². The van der Waals surface area contributed by atoms with Crippen LogP contribution >= 0.6 is 0 Å². The molecular weight excluding hydrogens is 451 g/mol. The third-order valence-electron chi connectivity index (χ3n) is 6.41. The maximum absolute atomic E-state index is 14.3. The maximum Gasteiger partial charge on any atom is 0.224 e. The molecule has 1 saturated carbocycles. The number of benzene rings is 1. The summed E-state index contributed by atoms with van der Waals surface area (Å²) in [4.78, 5) is 24.8. The number of imidazole rings is 1. The molecule has 1 aliphatic carbocycles. The number of hydrogen-bond acceptors (Lipinski definition) is 7. The summed E-state index contributed by atoms with van der Waals surface area (Å²) < 4.78 is 49.2. The summed E-state index contributed by atoms with van der Waals surface area (Å²) in [6, 6.07) is 1.14. The molecule has 1 saturated heterocycles. The minimum absolute atomic E-state index is 0.0965. The van der Waals surface area contributed by atoms with Gasteiger partial charge in [0.1, 0.15) is 17.0 Å². The molecule has 1 unspecified atom stereocenters. The Bertz CT molecular complexity index is 1200. The van der Waals surface area contributed by atoms with Crippen LogP contribution in [-0.2, 0) is 9.53 Å². The van der Waals surface area contributed by atoms with Crippen molar-refractivity contribution >= 4 is 34.7 Å². The molecule has 0 radical (unpaired) electrons. The number of nitrogens with two attached hydrogens (primary N) is 1. The van der Waals surface area contributed by atoms with Gasteiger partial charge >= 0.3 is 0 Å². The van der Waals surface area contributed by atoms with E-state index in [4.69, 9.17) is 10.5 Å². The van der Waals surface area contributed by atoms with Crippen LogP contribution in [0.5, 0.6) is 0 Å². The van der Waals surface area contributed by atoms with E-state index in [1.54, 1.807) is 4.57 Å². The highest BCUT2D eigenvalue weighted by Crippen LogP contribution is 2.32. The number of primary amides is 1. The second kappa shape index (κ2) is 9.09. The van der Waals surface area contributed by atoms with Gasteiger partial charge in [-0.1, -0.05) is 0 Å². The summed E-state index contributed by atoms with van der Waals surface area (Å²) in [5, 5.41) is 5.97. The number of hydrogen-bond donors (Lipinski definition) is 3. The zero-order chi connectivity index (χ0) is 23.8. The summed E-state index contributed by atoms with van der Waals surface area (Å²) in [7, 11) is 0. The van der Waals surface area contributed by atoms with Crippen LogP contribution in [0.1, 0.15) is 38.1 Å². The first kappa shape index (κ1) is 22.4. The first-order chi connectivity index (χ1) is 16.4. The molecule has 3 heterocycles.